The molecule has 1 aliphatic rings. The van der Waals surface area contributed by atoms with Gasteiger partial charge in [-0.05, 0) is 19.4 Å². The average Bonchev–Trinajstić information content (AvgIpc) is 3.36. The highest BCUT2D eigenvalue weighted by Gasteiger charge is 2.32. The van der Waals surface area contributed by atoms with E-state index in [1.165, 1.54) is 4.57 Å². The fraction of sp³-hybridized carbons (Fsp3) is 0.529. The molecule has 144 valence electrons. The zero-order valence-corrected chi connectivity index (χ0v) is 15.6. The number of anilines is 1. The molecule has 0 spiro atoms. The molecule has 0 saturated carbocycles. The first-order chi connectivity index (χ1) is 13.0. The summed E-state index contributed by atoms with van der Waals surface area (Å²) in [5.41, 5.74) is 0.880. The Morgan fingerprint density at radius 1 is 1.33 bits per heavy atom. The number of fused-ring (bicyclic) bond motifs is 1. The van der Waals surface area contributed by atoms with Gasteiger partial charge < -0.3 is 14.6 Å². The monoisotopic (exact) mass is 373 g/mol. The molecule has 10 heteroatoms. The molecule has 0 unspecified atom stereocenters. The molecule has 3 aromatic rings. The number of rotatable bonds is 5. The number of aryl methyl sites for hydroxylation is 3. The first-order valence-electron chi connectivity index (χ1n) is 9.04. The second-order valence-corrected chi connectivity index (χ2v) is 6.78. The maximum absolute atomic E-state index is 12.1. The van der Waals surface area contributed by atoms with E-state index < -0.39 is 11.2 Å². The Hall–Kier alpha value is -2.88. The summed E-state index contributed by atoms with van der Waals surface area (Å²) >= 11 is 0. The second-order valence-electron chi connectivity index (χ2n) is 6.78. The molecule has 0 bridgehead atoms. The van der Waals surface area contributed by atoms with Crippen LogP contribution in [0.5, 0.6) is 0 Å². The number of nitrogens with zero attached hydrogens (tertiary/aromatic N) is 5. The van der Waals surface area contributed by atoms with E-state index in [0.29, 0.717) is 30.3 Å². The normalized spacial score (nSPS) is 19.8. The fourth-order valence-electron chi connectivity index (χ4n) is 3.71. The van der Waals surface area contributed by atoms with Gasteiger partial charge in [0, 0.05) is 45.9 Å². The largest absolute Gasteiger partial charge is 0.372 e. The summed E-state index contributed by atoms with van der Waals surface area (Å²) in [5, 5.41) is 7.65. The van der Waals surface area contributed by atoms with Gasteiger partial charge in [-0.1, -0.05) is 0 Å². The molecule has 1 aliphatic heterocycles. The van der Waals surface area contributed by atoms with Gasteiger partial charge >= 0.3 is 5.69 Å². The predicted molar refractivity (Wildman–Crippen MR) is 99.8 cm³/mol. The van der Waals surface area contributed by atoms with Crippen molar-refractivity contribution in [3.63, 3.8) is 0 Å². The van der Waals surface area contributed by atoms with Crippen molar-refractivity contribution in [3.05, 3.63) is 38.8 Å². The Morgan fingerprint density at radius 3 is 2.93 bits per heavy atom. The number of ether oxygens (including phenoxy) is 1. The lowest BCUT2D eigenvalue weighted by Crippen LogP contribution is -2.29. The van der Waals surface area contributed by atoms with Crippen LogP contribution >= 0.6 is 0 Å². The molecule has 4 heterocycles. The van der Waals surface area contributed by atoms with Crippen molar-refractivity contribution >= 4 is 17.1 Å². The van der Waals surface area contributed by atoms with Crippen LogP contribution in [0.4, 0.5) is 5.95 Å². The third kappa shape index (κ3) is 2.85. The summed E-state index contributed by atoms with van der Waals surface area (Å²) in [7, 11) is 3.34. The quantitative estimate of drug-likeness (QED) is 0.668. The molecule has 2 N–H and O–H groups in total. The number of hydrogen-bond acceptors (Lipinski definition) is 6. The van der Waals surface area contributed by atoms with Gasteiger partial charge in [0.15, 0.2) is 11.2 Å². The molecule has 4 rings (SSSR count). The Labute approximate surface area is 154 Å². The molecule has 2 atom stereocenters. The highest BCUT2D eigenvalue weighted by molar-refractivity contribution is 5.73. The van der Waals surface area contributed by atoms with Crippen molar-refractivity contribution in [1.29, 1.82) is 0 Å². The third-order valence-electron chi connectivity index (χ3n) is 5.21. The van der Waals surface area contributed by atoms with Gasteiger partial charge in [-0.3, -0.25) is 19.0 Å². The Balaban J connectivity index is 1.59. The van der Waals surface area contributed by atoms with Gasteiger partial charge in [-0.2, -0.15) is 10.1 Å². The zero-order valence-electron chi connectivity index (χ0n) is 15.6. The van der Waals surface area contributed by atoms with Crippen molar-refractivity contribution < 1.29 is 4.74 Å². The van der Waals surface area contributed by atoms with Crippen molar-refractivity contribution in [2.75, 3.05) is 18.5 Å². The van der Waals surface area contributed by atoms with Gasteiger partial charge in [0.2, 0.25) is 5.95 Å². The van der Waals surface area contributed by atoms with Crippen LogP contribution in [-0.4, -0.2) is 42.0 Å². The van der Waals surface area contributed by atoms with Crippen LogP contribution in [-0.2, 0) is 25.4 Å². The first kappa shape index (κ1) is 17.5. The molecule has 0 aliphatic carbocycles. The van der Waals surface area contributed by atoms with Crippen molar-refractivity contribution in [2.24, 2.45) is 20.0 Å². The van der Waals surface area contributed by atoms with E-state index in [2.05, 4.69) is 27.3 Å². The lowest BCUT2D eigenvalue weighted by Gasteiger charge is -2.20. The number of imidazole rings is 1. The van der Waals surface area contributed by atoms with Crippen LogP contribution < -0.4 is 16.6 Å². The van der Waals surface area contributed by atoms with Crippen LogP contribution in [0, 0.1) is 5.92 Å². The molecule has 1 saturated heterocycles. The minimum Gasteiger partial charge on any atom is -0.372 e. The summed E-state index contributed by atoms with van der Waals surface area (Å²) < 4.78 is 10.9. The minimum atomic E-state index is -0.478. The highest BCUT2D eigenvalue weighted by Crippen LogP contribution is 2.34. The Morgan fingerprint density at radius 2 is 2.15 bits per heavy atom. The van der Waals surface area contributed by atoms with Crippen molar-refractivity contribution in [1.82, 2.24) is 28.9 Å². The number of aromatic amines is 1. The van der Waals surface area contributed by atoms with Gasteiger partial charge in [-0.25, -0.2) is 4.79 Å². The molecule has 0 radical (unpaired) electrons. The van der Waals surface area contributed by atoms with Crippen molar-refractivity contribution in [3.8, 4) is 0 Å². The SMILES string of the molecule is CCn1nccc1[C@@H]1OCC[C@H]1CNc1nc2c(c(=O)[nH]c(=O)n2C)n1C. The van der Waals surface area contributed by atoms with Crippen molar-refractivity contribution in [2.45, 2.75) is 26.0 Å². The van der Waals surface area contributed by atoms with Crippen LogP contribution in [0.1, 0.15) is 25.1 Å². The summed E-state index contributed by atoms with van der Waals surface area (Å²) in [5.74, 6) is 0.806. The molecule has 10 nitrogen and oxygen atoms in total. The smallest absolute Gasteiger partial charge is 0.329 e. The molecule has 0 amide bonds. The Bertz CT molecular complexity index is 1090. The van der Waals surface area contributed by atoms with E-state index in [1.807, 2.05) is 10.7 Å². The second kappa shape index (κ2) is 6.69. The van der Waals surface area contributed by atoms with E-state index in [4.69, 9.17) is 4.74 Å². The molecule has 27 heavy (non-hydrogen) atoms. The lowest BCUT2D eigenvalue weighted by atomic mass is 9.99. The van der Waals surface area contributed by atoms with Gasteiger partial charge in [0.25, 0.3) is 5.56 Å². The molecule has 0 aromatic carbocycles. The summed E-state index contributed by atoms with van der Waals surface area (Å²) in [6, 6.07) is 2.00. The minimum absolute atomic E-state index is 0.0256. The van der Waals surface area contributed by atoms with E-state index in [0.717, 1.165) is 18.7 Å². The fourth-order valence-corrected chi connectivity index (χ4v) is 3.71. The van der Waals surface area contributed by atoms with Gasteiger partial charge in [0.05, 0.1) is 5.69 Å². The first-order valence-corrected chi connectivity index (χ1v) is 9.04. The number of nitrogens with one attached hydrogen (secondary N) is 2. The summed E-state index contributed by atoms with van der Waals surface area (Å²) in [6.07, 6.45) is 2.70. The van der Waals surface area contributed by atoms with Gasteiger partial charge in [0.1, 0.15) is 6.10 Å². The number of aromatic nitrogens is 6. The number of hydrogen-bond donors (Lipinski definition) is 2. The van der Waals surface area contributed by atoms with E-state index >= 15 is 0 Å². The van der Waals surface area contributed by atoms with E-state index in [9.17, 15) is 9.59 Å². The van der Waals surface area contributed by atoms with Crippen LogP contribution in [0.3, 0.4) is 0 Å². The lowest BCUT2D eigenvalue weighted by molar-refractivity contribution is 0.0858. The maximum atomic E-state index is 12.1. The molecule has 3 aromatic heterocycles. The molecular weight excluding hydrogens is 350 g/mol. The average molecular weight is 373 g/mol. The van der Waals surface area contributed by atoms with Gasteiger partial charge in [-0.15, -0.1) is 0 Å². The third-order valence-corrected chi connectivity index (χ3v) is 5.21. The molecular formula is C17H23N7O3. The van der Waals surface area contributed by atoms with E-state index in [-0.39, 0.29) is 12.0 Å². The van der Waals surface area contributed by atoms with Crippen LogP contribution in [0.25, 0.3) is 11.2 Å². The number of H-pyrrole nitrogens is 1. The van der Waals surface area contributed by atoms with E-state index in [1.54, 1.807) is 24.9 Å². The van der Waals surface area contributed by atoms with Crippen LogP contribution in [0.2, 0.25) is 0 Å². The summed E-state index contributed by atoms with van der Waals surface area (Å²) in [6.45, 7) is 4.19. The Kier molecular flexibility index (Phi) is 4.34. The zero-order chi connectivity index (χ0) is 19.1. The molecule has 1 fully saturated rings. The topological polar surface area (TPSA) is 112 Å². The maximum Gasteiger partial charge on any atom is 0.329 e. The van der Waals surface area contributed by atoms with Crippen LogP contribution in [0.15, 0.2) is 21.9 Å². The standard InChI is InChI=1S/C17H23N7O3/c1-4-24-11(5-7-19-24)13-10(6-8-27-13)9-18-16-20-14-12(22(16)2)15(25)21-17(26)23(14)3/h5,7,10,13H,4,6,8-9H2,1-3H3,(H,18,20)(H,21,25,26)/t10-,13+/m0/s1. The summed E-state index contributed by atoms with van der Waals surface area (Å²) in [4.78, 5) is 30.7. The predicted octanol–water partition coefficient (Wildman–Crippen LogP) is 0.366. The highest BCUT2D eigenvalue weighted by atomic mass is 16.5.